The Morgan fingerprint density at radius 2 is 0.810 bits per heavy atom. The van der Waals surface area contributed by atoms with E-state index in [4.69, 9.17) is 0 Å². The van der Waals surface area contributed by atoms with E-state index in [-0.39, 0.29) is 29.3 Å². The molecule has 0 N–H and O–H groups in total. The maximum absolute atomic E-state index is 10.3. The molecular formula is C12H10O6S2Zn. The zero-order valence-corrected chi connectivity index (χ0v) is 15.3. The van der Waals surface area contributed by atoms with E-state index in [1.165, 1.54) is 48.5 Å². The van der Waals surface area contributed by atoms with E-state index < -0.39 is 20.2 Å². The minimum absolute atomic E-state index is 0. The van der Waals surface area contributed by atoms with Crippen LogP contribution < -0.4 is 0 Å². The van der Waals surface area contributed by atoms with Crippen molar-refractivity contribution in [2.24, 2.45) is 0 Å². The predicted molar refractivity (Wildman–Crippen MR) is 68.8 cm³/mol. The van der Waals surface area contributed by atoms with Crippen LogP contribution in [0.15, 0.2) is 70.5 Å². The van der Waals surface area contributed by atoms with Crippen LogP contribution in [0.3, 0.4) is 0 Å². The molecule has 0 saturated carbocycles. The first-order valence-corrected chi connectivity index (χ1v) is 8.05. The molecule has 0 amide bonds. The molecule has 0 bridgehead atoms. The SMILES string of the molecule is O=S(=O)([O-])c1ccccc1.O=S(=O)([O-])c1ccccc1.[Zn+2]. The van der Waals surface area contributed by atoms with Crippen LogP contribution in [0, 0.1) is 0 Å². The van der Waals surface area contributed by atoms with Crippen molar-refractivity contribution < 1.29 is 45.4 Å². The molecule has 21 heavy (non-hydrogen) atoms. The first-order chi connectivity index (χ1) is 9.21. The van der Waals surface area contributed by atoms with Gasteiger partial charge >= 0.3 is 19.5 Å². The number of hydrogen-bond donors (Lipinski definition) is 0. The van der Waals surface area contributed by atoms with E-state index in [1.54, 1.807) is 12.1 Å². The average Bonchev–Trinajstić information content (AvgIpc) is 2.40. The van der Waals surface area contributed by atoms with Crippen LogP contribution in [-0.2, 0) is 39.7 Å². The van der Waals surface area contributed by atoms with Gasteiger partial charge in [0, 0.05) is 0 Å². The predicted octanol–water partition coefficient (Wildman–Crippen LogP) is 1.18. The molecule has 2 aromatic carbocycles. The van der Waals surface area contributed by atoms with Gasteiger partial charge in [-0.25, -0.2) is 16.8 Å². The molecule has 108 valence electrons. The Balaban J connectivity index is 0.000000364. The van der Waals surface area contributed by atoms with Crippen LogP contribution in [-0.4, -0.2) is 25.9 Å². The molecule has 0 unspecified atom stereocenters. The van der Waals surface area contributed by atoms with Crippen LogP contribution in [0.4, 0.5) is 0 Å². The van der Waals surface area contributed by atoms with Crippen molar-refractivity contribution in [2.45, 2.75) is 9.79 Å². The first kappa shape index (κ1) is 19.9. The van der Waals surface area contributed by atoms with Crippen molar-refractivity contribution in [1.82, 2.24) is 0 Å². The molecule has 0 aromatic heterocycles. The van der Waals surface area contributed by atoms with Crippen molar-refractivity contribution in [1.29, 1.82) is 0 Å². The normalized spacial score (nSPS) is 10.8. The number of benzene rings is 2. The molecule has 0 aliphatic rings. The van der Waals surface area contributed by atoms with E-state index in [1.807, 2.05) is 0 Å². The van der Waals surface area contributed by atoms with Crippen molar-refractivity contribution in [3.05, 3.63) is 60.7 Å². The Morgan fingerprint density at radius 1 is 0.571 bits per heavy atom. The Hall–Kier alpha value is -1.12. The Kier molecular flexibility index (Phi) is 7.91. The van der Waals surface area contributed by atoms with Crippen LogP contribution in [0.25, 0.3) is 0 Å². The molecule has 0 spiro atoms. The van der Waals surface area contributed by atoms with Gasteiger partial charge in [-0.2, -0.15) is 0 Å². The molecule has 2 aromatic rings. The van der Waals surface area contributed by atoms with Gasteiger partial charge in [-0.05, 0) is 24.3 Å². The largest absolute Gasteiger partial charge is 2.00 e. The van der Waals surface area contributed by atoms with E-state index in [9.17, 15) is 25.9 Å². The molecular weight excluding hydrogens is 370 g/mol. The van der Waals surface area contributed by atoms with Gasteiger partial charge in [-0.3, -0.25) is 0 Å². The summed E-state index contributed by atoms with van der Waals surface area (Å²) in [4.78, 5) is -0.370. The maximum atomic E-state index is 10.3. The summed E-state index contributed by atoms with van der Waals surface area (Å²) in [5.41, 5.74) is 0. The second-order valence-electron chi connectivity index (χ2n) is 3.53. The van der Waals surface area contributed by atoms with Crippen LogP contribution in [0.5, 0.6) is 0 Å². The Bertz CT molecular complexity index is 675. The summed E-state index contributed by atoms with van der Waals surface area (Å²) in [5.74, 6) is 0. The third-order valence-electron chi connectivity index (χ3n) is 2.06. The summed E-state index contributed by atoms with van der Waals surface area (Å²) in [7, 11) is -8.51. The molecule has 0 radical (unpaired) electrons. The van der Waals surface area contributed by atoms with Crippen molar-refractivity contribution in [3.63, 3.8) is 0 Å². The van der Waals surface area contributed by atoms with Gasteiger partial charge in [0.15, 0.2) is 0 Å². The van der Waals surface area contributed by atoms with Crippen molar-refractivity contribution >= 4 is 20.2 Å². The zero-order valence-electron chi connectivity index (χ0n) is 10.7. The third kappa shape index (κ3) is 7.45. The summed E-state index contributed by atoms with van der Waals surface area (Å²) in [6.07, 6.45) is 0. The first-order valence-electron chi connectivity index (χ1n) is 5.23. The standard InChI is InChI=1S/2C6H6O3S.Zn/c2*7-10(8,9)6-4-2-1-3-5-6;/h2*1-5H,(H,7,8,9);/q;;+2/p-2. The molecule has 6 nitrogen and oxygen atoms in total. The van der Waals surface area contributed by atoms with Gasteiger partial charge < -0.3 is 9.11 Å². The third-order valence-corrected chi connectivity index (χ3v) is 3.76. The maximum Gasteiger partial charge on any atom is 2.00 e. The van der Waals surface area contributed by atoms with E-state index in [2.05, 4.69) is 0 Å². The zero-order chi connectivity index (χ0) is 15.2. The van der Waals surface area contributed by atoms with E-state index in [0.29, 0.717) is 0 Å². The van der Waals surface area contributed by atoms with Gasteiger partial charge in [0.1, 0.15) is 20.2 Å². The Morgan fingerprint density at radius 3 is 0.952 bits per heavy atom. The fourth-order valence-corrected chi connectivity index (χ4v) is 2.16. The summed E-state index contributed by atoms with van der Waals surface area (Å²) in [6.45, 7) is 0. The monoisotopic (exact) mass is 378 g/mol. The van der Waals surface area contributed by atoms with Crippen molar-refractivity contribution in [2.75, 3.05) is 0 Å². The molecule has 9 heteroatoms. The summed E-state index contributed by atoms with van der Waals surface area (Å²) >= 11 is 0. The van der Waals surface area contributed by atoms with Gasteiger partial charge in [-0.15, -0.1) is 0 Å². The fourth-order valence-electron chi connectivity index (χ4n) is 1.17. The van der Waals surface area contributed by atoms with Gasteiger partial charge in [-0.1, -0.05) is 36.4 Å². The van der Waals surface area contributed by atoms with Crippen LogP contribution in [0.1, 0.15) is 0 Å². The fraction of sp³-hybridized carbons (Fsp3) is 0. The summed E-state index contributed by atoms with van der Waals surface area (Å²) in [5, 5.41) is 0. The van der Waals surface area contributed by atoms with Gasteiger partial charge in [0.2, 0.25) is 0 Å². The van der Waals surface area contributed by atoms with E-state index in [0.717, 1.165) is 0 Å². The number of hydrogen-bond acceptors (Lipinski definition) is 6. The smallest absolute Gasteiger partial charge is 0.744 e. The number of rotatable bonds is 2. The second-order valence-corrected chi connectivity index (χ2v) is 6.29. The molecule has 0 atom stereocenters. The van der Waals surface area contributed by atoms with Crippen LogP contribution in [0.2, 0.25) is 0 Å². The molecule has 0 fully saturated rings. The minimum Gasteiger partial charge on any atom is -0.744 e. The topological polar surface area (TPSA) is 114 Å². The average molecular weight is 380 g/mol. The minimum atomic E-state index is -4.25. The Labute approximate surface area is 136 Å². The summed E-state index contributed by atoms with van der Waals surface area (Å²) in [6, 6.07) is 14.4. The molecule has 0 aliphatic heterocycles. The molecule has 0 saturated heterocycles. The van der Waals surface area contributed by atoms with Crippen molar-refractivity contribution in [3.8, 4) is 0 Å². The van der Waals surface area contributed by atoms with E-state index >= 15 is 0 Å². The van der Waals surface area contributed by atoms with Crippen LogP contribution >= 0.6 is 0 Å². The van der Waals surface area contributed by atoms with Gasteiger partial charge in [0.25, 0.3) is 0 Å². The molecule has 0 heterocycles. The van der Waals surface area contributed by atoms with Gasteiger partial charge in [0.05, 0.1) is 9.79 Å². The molecule has 2 rings (SSSR count). The second kappa shape index (κ2) is 8.36. The summed E-state index contributed by atoms with van der Waals surface area (Å²) < 4.78 is 61.7. The quantitative estimate of drug-likeness (QED) is 0.571. The molecule has 0 aliphatic carbocycles.